The van der Waals surface area contributed by atoms with Crippen LogP contribution in [0, 0.1) is 0 Å². The highest BCUT2D eigenvalue weighted by Crippen LogP contribution is 2.18. The first-order chi connectivity index (χ1) is 10.9. The predicted molar refractivity (Wildman–Crippen MR) is 79.5 cm³/mol. The van der Waals surface area contributed by atoms with Crippen molar-refractivity contribution in [3.8, 4) is 0 Å². The summed E-state index contributed by atoms with van der Waals surface area (Å²) in [6.45, 7) is 2.97. The van der Waals surface area contributed by atoms with Gasteiger partial charge in [-0.2, -0.15) is 4.98 Å². The van der Waals surface area contributed by atoms with Gasteiger partial charge >= 0.3 is 0 Å². The Labute approximate surface area is 128 Å². The minimum absolute atomic E-state index is 0.364. The smallest absolute Gasteiger partial charge is 0.228 e. The number of methoxy groups -OCH3 is 1. The van der Waals surface area contributed by atoms with Crippen LogP contribution in [0.2, 0.25) is 0 Å². The molecular formula is C14H20N6O2. The lowest BCUT2D eigenvalue weighted by Crippen LogP contribution is -2.16. The molecule has 3 heterocycles. The zero-order valence-corrected chi connectivity index (χ0v) is 12.6. The Bertz CT molecular complexity index is 615. The summed E-state index contributed by atoms with van der Waals surface area (Å²) in [5.74, 6) is 2.08. The molecule has 1 aliphatic rings. The van der Waals surface area contributed by atoms with Crippen LogP contribution in [-0.4, -0.2) is 46.9 Å². The van der Waals surface area contributed by atoms with Gasteiger partial charge in [0, 0.05) is 38.6 Å². The molecule has 0 radical (unpaired) electrons. The molecule has 2 N–H and O–H groups in total. The Morgan fingerprint density at radius 2 is 2.23 bits per heavy atom. The second kappa shape index (κ2) is 7.28. The minimum Gasteiger partial charge on any atom is -0.377 e. The summed E-state index contributed by atoms with van der Waals surface area (Å²) >= 11 is 0. The standard InChI is InChI=1S/C14H20N6O2/c1-21-8-12-19-13(22-20-12)4-7-16-14-10-2-5-15-6-3-11(10)17-9-18-14/h9,15H,2-8H2,1H3,(H,16,17,18). The van der Waals surface area contributed by atoms with E-state index >= 15 is 0 Å². The van der Waals surface area contributed by atoms with E-state index in [2.05, 4.69) is 30.7 Å². The number of hydrogen-bond acceptors (Lipinski definition) is 8. The van der Waals surface area contributed by atoms with Gasteiger partial charge in [-0.1, -0.05) is 5.16 Å². The predicted octanol–water partition coefficient (Wildman–Crippen LogP) is 0.349. The molecule has 118 valence electrons. The van der Waals surface area contributed by atoms with Crippen molar-refractivity contribution >= 4 is 5.82 Å². The summed E-state index contributed by atoms with van der Waals surface area (Å²) in [7, 11) is 1.60. The van der Waals surface area contributed by atoms with Gasteiger partial charge in [-0.05, 0) is 13.0 Å². The molecule has 2 aromatic heterocycles. The largest absolute Gasteiger partial charge is 0.377 e. The lowest BCUT2D eigenvalue weighted by Gasteiger charge is -2.11. The quantitative estimate of drug-likeness (QED) is 0.789. The number of fused-ring (bicyclic) bond motifs is 1. The third-order valence-corrected chi connectivity index (χ3v) is 3.54. The molecule has 1 aliphatic heterocycles. The molecule has 0 saturated carbocycles. The fraction of sp³-hybridized carbons (Fsp3) is 0.571. The van der Waals surface area contributed by atoms with Crippen LogP contribution in [0.4, 0.5) is 5.82 Å². The normalized spacial score (nSPS) is 14.4. The maximum atomic E-state index is 5.16. The maximum absolute atomic E-state index is 5.16. The Morgan fingerprint density at radius 3 is 3.14 bits per heavy atom. The van der Waals surface area contributed by atoms with Gasteiger partial charge in [-0.25, -0.2) is 9.97 Å². The van der Waals surface area contributed by atoms with Gasteiger partial charge in [0.25, 0.3) is 0 Å². The van der Waals surface area contributed by atoms with E-state index in [0.29, 0.717) is 31.3 Å². The third kappa shape index (κ3) is 3.58. The summed E-state index contributed by atoms with van der Waals surface area (Å²) in [4.78, 5) is 13.0. The number of aromatic nitrogens is 4. The highest BCUT2D eigenvalue weighted by molar-refractivity contribution is 5.46. The highest BCUT2D eigenvalue weighted by atomic mass is 16.5. The molecular weight excluding hydrogens is 284 g/mol. The maximum Gasteiger partial charge on any atom is 0.228 e. The fourth-order valence-electron chi connectivity index (χ4n) is 2.49. The lowest BCUT2D eigenvalue weighted by molar-refractivity contribution is 0.174. The monoisotopic (exact) mass is 304 g/mol. The molecule has 0 aromatic carbocycles. The van der Waals surface area contributed by atoms with Crippen molar-refractivity contribution in [2.75, 3.05) is 32.1 Å². The van der Waals surface area contributed by atoms with Crippen LogP contribution in [0.3, 0.4) is 0 Å². The SMILES string of the molecule is COCc1noc(CCNc2ncnc3c2CCNCC3)n1. The molecule has 0 bridgehead atoms. The van der Waals surface area contributed by atoms with Crippen LogP contribution in [-0.2, 0) is 30.6 Å². The number of ether oxygens (including phenoxy) is 1. The third-order valence-electron chi connectivity index (χ3n) is 3.54. The van der Waals surface area contributed by atoms with Gasteiger partial charge in [-0.15, -0.1) is 0 Å². The van der Waals surface area contributed by atoms with E-state index in [4.69, 9.17) is 9.26 Å². The molecule has 3 rings (SSSR count). The molecule has 22 heavy (non-hydrogen) atoms. The van der Waals surface area contributed by atoms with Crippen molar-refractivity contribution in [2.45, 2.75) is 25.9 Å². The molecule has 0 aliphatic carbocycles. The summed E-state index contributed by atoms with van der Waals surface area (Å²) in [6.07, 6.45) is 4.15. The van der Waals surface area contributed by atoms with Crippen molar-refractivity contribution in [1.29, 1.82) is 0 Å². The van der Waals surface area contributed by atoms with Crippen LogP contribution in [0.1, 0.15) is 23.0 Å². The van der Waals surface area contributed by atoms with Gasteiger partial charge in [-0.3, -0.25) is 0 Å². The fourth-order valence-corrected chi connectivity index (χ4v) is 2.49. The first-order valence-electron chi connectivity index (χ1n) is 7.44. The molecule has 0 amide bonds. The molecule has 0 fully saturated rings. The van der Waals surface area contributed by atoms with E-state index in [1.54, 1.807) is 13.4 Å². The molecule has 2 aromatic rings. The topological polar surface area (TPSA) is 98.0 Å². The van der Waals surface area contributed by atoms with Crippen molar-refractivity contribution in [3.05, 3.63) is 29.3 Å². The summed E-state index contributed by atoms with van der Waals surface area (Å²) in [5.41, 5.74) is 2.33. The Hall–Kier alpha value is -2.06. The van der Waals surface area contributed by atoms with Crippen molar-refractivity contribution in [3.63, 3.8) is 0 Å². The number of hydrogen-bond donors (Lipinski definition) is 2. The second-order valence-corrected chi connectivity index (χ2v) is 5.11. The summed E-state index contributed by atoms with van der Waals surface area (Å²) in [6, 6.07) is 0. The lowest BCUT2D eigenvalue weighted by atomic mass is 10.1. The molecule has 0 unspecified atom stereocenters. The Kier molecular flexibility index (Phi) is 4.92. The van der Waals surface area contributed by atoms with Gasteiger partial charge in [0.2, 0.25) is 5.89 Å². The van der Waals surface area contributed by atoms with Crippen molar-refractivity contribution in [1.82, 2.24) is 25.4 Å². The molecule has 0 spiro atoms. The number of nitrogens with one attached hydrogen (secondary N) is 2. The number of anilines is 1. The first kappa shape index (κ1) is 14.9. The van der Waals surface area contributed by atoms with E-state index in [9.17, 15) is 0 Å². The van der Waals surface area contributed by atoms with E-state index in [1.807, 2.05) is 0 Å². The van der Waals surface area contributed by atoms with Crippen molar-refractivity contribution in [2.24, 2.45) is 0 Å². The average molecular weight is 304 g/mol. The van der Waals surface area contributed by atoms with Gasteiger partial charge < -0.3 is 19.9 Å². The summed E-state index contributed by atoms with van der Waals surface area (Å²) in [5, 5.41) is 10.6. The van der Waals surface area contributed by atoms with E-state index in [0.717, 1.165) is 37.4 Å². The minimum atomic E-state index is 0.364. The molecule has 8 nitrogen and oxygen atoms in total. The number of rotatable bonds is 6. The van der Waals surface area contributed by atoms with Crippen LogP contribution < -0.4 is 10.6 Å². The first-order valence-corrected chi connectivity index (χ1v) is 7.44. The van der Waals surface area contributed by atoms with Gasteiger partial charge in [0.15, 0.2) is 5.82 Å². The average Bonchev–Trinajstić information content (AvgIpc) is 2.82. The zero-order chi connectivity index (χ0) is 15.2. The number of nitrogens with zero attached hydrogens (tertiary/aromatic N) is 4. The van der Waals surface area contributed by atoms with E-state index < -0.39 is 0 Å². The molecule has 0 atom stereocenters. The Morgan fingerprint density at radius 1 is 1.32 bits per heavy atom. The molecule has 8 heteroatoms. The van der Waals surface area contributed by atoms with Crippen LogP contribution in [0.25, 0.3) is 0 Å². The van der Waals surface area contributed by atoms with Gasteiger partial charge in [0.05, 0.1) is 5.69 Å². The highest BCUT2D eigenvalue weighted by Gasteiger charge is 2.14. The zero-order valence-electron chi connectivity index (χ0n) is 12.6. The van der Waals surface area contributed by atoms with Crippen LogP contribution in [0.5, 0.6) is 0 Å². The van der Waals surface area contributed by atoms with Crippen LogP contribution >= 0.6 is 0 Å². The van der Waals surface area contributed by atoms with Crippen molar-refractivity contribution < 1.29 is 9.26 Å². The van der Waals surface area contributed by atoms with Crippen LogP contribution in [0.15, 0.2) is 10.9 Å². The molecule has 0 saturated heterocycles. The Balaban J connectivity index is 1.59. The summed E-state index contributed by atoms with van der Waals surface area (Å²) < 4.78 is 10.1. The van der Waals surface area contributed by atoms with E-state index in [-0.39, 0.29) is 0 Å². The van der Waals surface area contributed by atoms with E-state index in [1.165, 1.54) is 5.56 Å². The van der Waals surface area contributed by atoms with Gasteiger partial charge in [0.1, 0.15) is 18.8 Å². The second-order valence-electron chi connectivity index (χ2n) is 5.11.